The SMILES string of the molecule is CCn1c(C)cc(=O)c(C(=O)O)c1-c1cccc(Cl)c1. The lowest BCUT2D eigenvalue weighted by atomic mass is 10.0. The molecule has 0 spiro atoms. The molecule has 1 aromatic heterocycles. The maximum Gasteiger partial charge on any atom is 0.341 e. The number of hydrogen-bond donors (Lipinski definition) is 1. The summed E-state index contributed by atoms with van der Waals surface area (Å²) in [5, 5.41) is 9.84. The van der Waals surface area contributed by atoms with Crippen LogP contribution in [0.4, 0.5) is 0 Å². The Balaban J connectivity index is 2.91. The van der Waals surface area contributed by atoms with Crippen molar-refractivity contribution in [3.8, 4) is 11.3 Å². The van der Waals surface area contributed by atoms with Gasteiger partial charge in [-0.25, -0.2) is 4.79 Å². The van der Waals surface area contributed by atoms with Gasteiger partial charge in [0.15, 0.2) is 5.43 Å². The summed E-state index contributed by atoms with van der Waals surface area (Å²) in [5.74, 6) is -1.23. The average molecular weight is 292 g/mol. The Kier molecular flexibility index (Phi) is 3.95. The van der Waals surface area contributed by atoms with Crippen molar-refractivity contribution in [1.29, 1.82) is 0 Å². The molecule has 0 bridgehead atoms. The van der Waals surface area contributed by atoms with Crippen molar-refractivity contribution in [2.45, 2.75) is 20.4 Å². The molecule has 1 aromatic carbocycles. The summed E-state index contributed by atoms with van der Waals surface area (Å²) in [4.78, 5) is 23.4. The monoisotopic (exact) mass is 291 g/mol. The van der Waals surface area contributed by atoms with Gasteiger partial charge in [-0.3, -0.25) is 4.79 Å². The van der Waals surface area contributed by atoms with Gasteiger partial charge in [0.05, 0.1) is 5.69 Å². The fraction of sp³-hybridized carbons (Fsp3) is 0.200. The molecule has 0 saturated carbocycles. The van der Waals surface area contributed by atoms with Gasteiger partial charge in [-0.1, -0.05) is 23.7 Å². The summed E-state index contributed by atoms with van der Waals surface area (Å²) in [6.45, 7) is 4.25. The van der Waals surface area contributed by atoms with Gasteiger partial charge in [0, 0.05) is 28.9 Å². The summed E-state index contributed by atoms with van der Waals surface area (Å²) >= 11 is 5.97. The Labute approximate surface area is 121 Å². The van der Waals surface area contributed by atoms with Crippen molar-refractivity contribution in [2.24, 2.45) is 0 Å². The molecule has 1 heterocycles. The second kappa shape index (κ2) is 5.51. The van der Waals surface area contributed by atoms with Gasteiger partial charge in [0.2, 0.25) is 0 Å². The fourth-order valence-electron chi connectivity index (χ4n) is 2.32. The second-order valence-corrected chi connectivity index (χ2v) is 4.87. The van der Waals surface area contributed by atoms with Crippen molar-refractivity contribution in [3.05, 3.63) is 56.8 Å². The molecule has 1 N–H and O–H groups in total. The van der Waals surface area contributed by atoms with Gasteiger partial charge >= 0.3 is 5.97 Å². The van der Waals surface area contributed by atoms with E-state index in [2.05, 4.69) is 0 Å². The molecule has 0 atom stereocenters. The van der Waals surface area contributed by atoms with Gasteiger partial charge in [0.25, 0.3) is 0 Å². The molecular weight excluding hydrogens is 278 g/mol. The summed E-state index contributed by atoms with van der Waals surface area (Å²) in [5.41, 5.74) is 1.02. The molecule has 0 saturated heterocycles. The van der Waals surface area contributed by atoms with Gasteiger partial charge in [-0.05, 0) is 26.0 Å². The minimum atomic E-state index is -1.23. The van der Waals surface area contributed by atoms with E-state index in [0.717, 1.165) is 5.69 Å². The van der Waals surface area contributed by atoms with E-state index >= 15 is 0 Å². The molecular formula is C15H14ClNO3. The quantitative estimate of drug-likeness (QED) is 0.945. The summed E-state index contributed by atoms with van der Waals surface area (Å²) in [7, 11) is 0. The molecule has 0 radical (unpaired) electrons. The highest BCUT2D eigenvalue weighted by Crippen LogP contribution is 2.26. The van der Waals surface area contributed by atoms with Crippen LogP contribution in [-0.4, -0.2) is 15.6 Å². The van der Waals surface area contributed by atoms with Gasteiger partial charge in [-0.15, -0.1) is 0 Å². The number of nitrogens with zero attached hydrogens (tertiary/aromatic N) is 1. The number of halogens is 1. The zero-order chi connectivity index (χ0) is 14.9. The minimum Gasteiger partial charge on any atom is -0.477 e. The Morgan fingerprint density at radius 2 is 2.05 bits per heavy atom. The molecule has 0 fully saturated rings. The third kappa shape index (κ3) is 2.47. The van der Waals surface area contributed by atoms with E-state index in [-0.39, 0.29) is 5.56 Å². The van der Waals surface area contributed by atoms with Crippen LogP contribution in [0.3, 0.4) is 0 Å². The van der Waals surface area contributed by atoms with Crippen molar-refractivity contribution < 1.29 is 9.90 Å². The highest BCUT2D eigenvalue weighted by atomic mass is 35.5. The number of carboxylic acid groups (broad SMARTS) is 1. The number of carboxylic acids is 1. The first-order chi connectivity index (χ1) is 9.45. The third-order valence-electron chi connectivity index (χ3n) is 3.15. The number of benzene rings is 1. The van der Waals surface area contributed by atoms with Crippen LogP contribution in [-0.2, 0) is 6.54 Å². The first kappa shape index (κ1) is 14.3. The number of pyridine rings is 1. The van der Waals surface area contributed by atoms with Crippen LogP contribution in [0.1, 0.15) is 23.0 Å². The Hall–Kier alpha value is -2.07. The maximum absolute atomic E-state index is 12.0. The second-order valence-electron chi connectivity index (χ2n) is 4.43. The molecule has 0 unspecified atom stereocenters. The standard InChI is InChI=1S/C15H14ClNO3/c1-3-17-9(2)7-12(18)13(15(19)20)14(17)10-5-4-6-11(16)8-10/h4-8H,3H2,1-2H3,(H,19,20). The molecule has 104 valence electrons. The van der Waals surface area contributed by atoms with E-state index in [1.54, 1.807) is 35.8 Å². The predicted octanol–water partition coefficient (Wildman–Crippen LogP) is 3.20. The van der Waals surface area contributed by atoms with E-state index in [1.807, 2.05) is 6.92 Å². The molecule has 0 aliphatic carbocycles. The molecule has 2 rings (SSSR count). The van der Waals surface area contributed by atoms with Crippen molar-refractivity contribution in [1.82, 2.24) is 4.57 Å². The van der Waals surface area contributed by atoms with E-state index in [0.29, 0.717) is 22.8 Å². The molecule has 4 nitrogen and oxygen atoms in total. The Morgan fingerprint density at radius 1 is 1.35 bits per heavy atom. The van der Waals surface area contributed by atoms with Gasteiger partial charge in [-0.2, -0.15) is 0 Å². The molecule has 2 aromatic rings. The number of aromatic carboxylic acids is 1. The van der Waals surface area contributed by atoms with Crippen LogP contribution < -0.4 is 5.43 Å². The molecule has 0 amide bonds. The van der Waals surface area contributed by atoms with Crippen molar-refractivity contribution >= 4 is 17.6 Å². The first-order valence-electron chi connectivity index (χ1n) is 6.19. The minimum absolute atomic E-state index is 0.222. The molecule has 0 aliphatic rings. The first-order valence-corrected chi connectivity index (χ1v) is 6.57. The number of rotatable bonds is 3. The Bertz CT molecular complexity index is 734. The number of aryl methyl sites for hydroxylation is 1. The van der Waals surface area contributed by atoms with Crippen molar-refractivity contribution in [3.63, 3.8) is 0 Å². The highest BCUT2D eigenvalue weighted by Gasteiger charge is 2.20. The smallest absolute Gasteiger partial charge is 0.341 e. The zero-order valence-corrected chi connectivity index (χ0v) is 11.9. The molecule has 20 heavy (non-hydrogen) atoms. The lowest BCUT2D eigenvalue weighted by molar-refractivity contribution is 0.0695. The number of aromatic nitrogens is 1. The average Bonchev–Trinajstić information content (AvgIpc) is 2.37. The maximum atomic E-state index is 12.0. The van der Waals surface area contributed by atoms with Gasteiger partial charge < -0.3 is 9.67 Å². The molecule has 0 aliphatic heterocycles. The van der Waals surface area contributed by atoms with Crippen molar-refractivity contribution in [2.75, 3.05) is 0 Å². The van der Waals surface area contributed by atoms with Crippen LogP contribution >= 0.6 is 11.6 Å². The number of carbonyl (C=O) groups is 1. The molecule has 5 heteroatoms. The summed E-state index contributed by atoms with van der Waals surface area (Å²) < 4.78 is 1.80. The summed E-state index contributed by atoms with van der Waals surface area (Å²) in [6.07, 6.45) is 0. The normalized spacial score (nSPS) is 10.6. The number of hydrogen-bond acceptors (Lipinski definition) is 2. The summed E-state index contributed by atoms with van der Waals surface area (Å²) in [6, 6.07) is 8.19. The van der Waals surface area contributed by atoms with Crippen LogP contribution in [0.15, 0.2) is 35.1 Å². The highest BCUT2D eigenvalue weighted by molar-refractivity contribution is 6.30. The topological polar surface area (TPSA) is 59.3 Å². The third-order valence-corrected chi connectivity index (χ3v) is 3.38. The van der Waals surface area contributed by atoms with E-state index in [1.165, 1.54) is 6.07 Å². The van der Waals surface area contributed by atoms with Crippen LogP contribution in [0.25, 0.3) is 11.3 Å². The van der Waals surface area contributed by atoms with Gasteiger partial charge in [0.1, 0.15) is 5.56 Å². The van der Waals surface area contributed by atoms with E-state index in [9.17, 15) is 14.7 Å². The lowest BCUT2D eigenvalue weighted by Crippen LogP contribution is -2.22. The fourth-order valence-corrected chi connectivity index (χ4v) is 2.51. The van der Waals surface area contributed by atoms with E-state index in [4.69, 9.17) is 11.6 Å². The van der Waals surface area contributed by atoms with E-state index < -0.39 is 11.4 Å². The van der Waals surface area contributed by atoms with Crippen LogP contribution in [0.2, 0.25) is 5.02 Å². The van der Waals surface area contributed by atoms with Crippen LogP contribution in [0, 0.1) is 6.92 Å². The largest absolute Gasteiger partial charge is 0.477 e. The Morgan fingerprint density at radius 3 is 2.60 bits per heavy atom. The zero-order valence-electron chi connectivity index (χ0n) is 11.2. The lowest BCUT2D eigenvalue weighted by Gasteiger charge is -2.17. The predicted molar refractivity (Wildman–Crippen MR) is 78.5 cm³/mol. The van der Waals surface area contributed by atoms with Crippen LogP contribution in [0.5, 0.6) is 0 Å².